The molecule has 1 aliphatic carbocycles. The van der Waals surface area contributed by atoms with Gasteiger partial charge in [-0.2, -0.15) is 5.26 Å². The molecule has 18 heteroatoms. The highest BCUT2D eigenvalue weighted by Crippen LogP contribution is 2.45. The highest BCUT2D eigenvalue weighted by molar-refractivity contribution is 6.04. The van der Waals surface area contributed by atoms with Gasteiger partial charge < -0.3 is 40.5 Å². The second kappa shape index (κ2) is 17.9. The summed E-state index contributed by atoms with van der Waals surface area (Å²) in [6, 6.07) is 14.6. The number of alkyl halides is 2. The number of halogens is 2. The first-order chi connectivity index (χ1) is 31.4. The fourth-order valence-electron chi connectivity index (χ4n) is 9.05. The summed E-state index contributed by atoms with van der Waals surface area (Å²) in [6.07, 6.45) is 4.80. The number of anilines is 1. The van der Waals surface area contributed by atoms with Gasteiger partial charge in [0, 0.05) is 105 Å². The molecule has 8 rings (SSSR count). The molecular formula is C48H48F2N8O8. The van der Waals surface area contributed by atoms with Gasteiger partial charge in [0.1, 0.15) is 23.6 Å². The molecule has 3 aromatic rings. The molecule has 66 heavy (non-hydrogen) atoms. The van der Waals surface area contributed by atoms with Crippen LogP contribution in [0, 0.1) is 17.2 Å². The van der Waals surface area contributed by atoms with Gasteiger partial charge in [0.2, 0.25) is 17.7 Å². The molecule has 2 unspecified atom stereocenters. The van der Waals surface area contributed by atoms with E-state index in [1.165, 1.54) is 11.0 Å². The summed E-state index contributed by atoms with van der Waals surface area (Å²) in [7, 11) is 7.73. The average Bonchev–Trinajstić information content (AvgIpc) is 3.99. The van der Waals surface area contributed by atoms with Gasteiger partial charge in [0.25, 0.3) is 17.7 Å². The number of hydrogen-bond donors (Lipinski definition) is 4. The Morgan fingerprint density at radius 1 is 0.970 bits per heavy atom. The number of amides is 5. The number of nitrogens with zero attached hydrogens (tertiary/aromatic N) is 5. The van der Waals surface area contributed by atoms with E-state index >= 15 is 0 Å². The molecule has 0 aromatic heterocycles. The minimum absolute atomic E-state index is 0.0128. The Bertz CT molecular complexity index is 2710. The van der Waals surface area contributed by atoms with Crippen LogP contribution in [0.4, 0.5) is 14.5 Å². The van der Waals surface area contributed by atoms with Crippen molar-refractivity contribution in [3.05, 3.63) is 123 Å². The van der Waals surface area contributed by atoms with E-state index in [4.69, 9.17) is 4.74 Å². The Morgan fingerprint density at radius 2 is 1.71 bits per heavy atom. The summed E-state index contributed by atoms with van der Waals surface area (Å²) in [4.78, 5) is 85.2. The van der Waals surface area contributed by atoms with Crippen LogP contribution in [0.2, 0.25) is 0 Å². The number of carbonyl (C=O) groups excluding carboxylic acids is 5. The summed E-state index contributed by atoms with van der Waals surface area (Å²) < 4.78 is 34.4. The zero-order valence-corrected chi connectivity index (χ0v) is 36.7. The van der Waals surface area contributed by atoms with Gasteiger partial charge in [0.15, 0.2) is 0 Å². The molecule has 3 aromatic carbocycles. The molecule has 4 atom stereocenters. The minimum Gasteiger partial charge on any atom is -0.478 e. The molecule has 342 valence electrons. The van der Waals surface area contributed by atoms with E-state index in [1.54, 1.807) is 36.4 Å². The molecule has 5 amide bonds. The maximum absolute atomic E-state index is 14.0. The van der Waals surface area contributed by atoms with Gasteiger partial charge in [-0.15, -0.1) is 0 Å². The third-order valence-corrected chi connectivity index (χ3v) is 12.6. The lowest BCUT2D eigenvalue weighted by Gasteiger charge is -2.31. The van der Waals surface area contributed by atoms with E-state index in [2.05, 4.69) is 16.0 Å². The fourth-order valence-corrected chi connectivity index (χ4v) is 9.05. The number of carboxylic acid groups (broad SMARTS) is 1. The first kappa shape index (κ1) is 45.2. The Hall–Kier alpha value is -7.39. The zero-order chi connectivity index (χ0) is 47.2. The van der Waals surface area contributed by atoms with Crippen molar-refractivity contribution in [3.63, 3.8) is 0 Å². The number of benzene rings is 3. The van der Waals surface area contributed by atoms with Crippen molar-refractivity contribution in [2.75, 3.05) is 52.7 Å². The summed E-state index contributed by atoms with van der Waals surface area (Å²) in [5, 5.41) is 27.8. The number of fused-ring (bicyclic) bond motifs is 3. The van der Waals surface area contributed by atoms with Gasteiger partial charge in [-0.25, -0.2) is 13.6 Å². The van der Waals surface area contributed by atoms with Crippen LogP contribution in [0.15, 0.2) is 84.2 Å². The molecule has 2 fully saturated rings. The molecule has 5 aliphatic rings. The van der Waals surface area contributed by atoms with Crippen LogP contribution in [0.3, 0.4) is 0 Å². The lowest BCUT2D eigenvalue weighted by Crippen LogP contribution is -2.46. The topological polar surface area (TPSA) is 205 Å². The van der Waals surface area contributed by atoms with Gasteiger partial charge in [-0.3, -0.25) is 28.9 Å². The maximum atomic E-state index is 14.0. The normalized spacial score (nSPS) is 21.2. The van der Waals surface area contributed by atoms with E-state index in [9.17, 15) is 47.9 Å². The quantitative estimate of drug-likeness (QED) is 0.193. The van der Waals surface area contributed by atoms with Gasteiger partial charge >= 0.3 is 5.97 Å². The summed E-state index contributed by atoms with van der Waals surface area (Å²) in [5.74, 6) is -6.89. The number of likely N-dealkylation sites (tertiary alicyclic amines) is 1. The van der Waals surface area contributed by atoms with Crippen molar-refractivity contribution in [3.8, 4) is 11.8 Å². The molecule has 2 saturated heterocycles. The summed E-state index contributed by atoms with van der Waals surface area (Å²) in [6.45, 7) is -0.619. The first-order valence-corrected chi connectivity index (χ1v) is 21.4. The van der Waals surface area contributed by atoms with Crippen LogP contribution in [-0.4, -0.2) is 127 Å². The van der Waals surface area contributed by atoms with Crippen LogP contribution in [0.1, 0.15) is 72.6 Å². The fraction of sp³-hybridized carbons (Fsp3) is 0.354. The highest BCUT2D eigenvalue weighted by Gasteiger charge is 2.50. The molecule has 0 spiro atoms. The molecule has 16 nitrogen and oxygen atoms in total. The molecule has 4 heterocycles. The number of nitrogens with one attached hydrogen (secondary N) is 3. The Kier molecular flexibility index (Phi) is 12.2. The van der Waals surface area contributed by atoms with Gasteiger partial charge in [-0.05, 0) is 73.6 Å². The van der Waals surface area contributed by atoms with Crippen molar-refractivity contribution < 1.29 is 47.4 Å². The number of carboxylic acids is 1. The second-order valence-corrected chi connectivity index (χ2v) is 17.4. The van der Waals surface area contributed by atoms with Crippen LogP contribution in [-0.2, 0) is 27.5 Å². The summed E-state index contributed by atoms with van der Waals surface area (Å²) >= 11 is 0. The number of nitriles is 1. The maximum Gasteiger partial charge on any atom is 0.336 e. The standard InChI is InChI=1S/C48H48F2N8O8/c1-55(2)29-9-12-34-39(19-29)66-40-20-30(56(3)4)10-13-35(40)42(34)32-11-8-26(16-36(32)47(64)65)43(60)52-14-15-53-45(62)33-7-5-6-27-23-57(24-37(27)33)41(59)18-28-17-38(54-44(28)61)46(63)58-25-48(49,50)21-31(58)22-51/h5-13,16,19-20,28-29,31,38H,14-15,17-18,21,23-25H2,1-4H3,(H,52,60)(H,53,62)(H,54,61)(H,64,65)/t28-,29?,31?,38-/m0/s1. The highest BCUT2D eigenvalue weighted by atomic mass is 19.3. The number of likely N-dealkylation sites (N-methyl/N-ethyl adjacent to an activating group) is 1. The third kappa shape index (κ3) is 8.85. The van der Waals surface area contributed by atoms with Crippen molar-refractivity contribution >= 4 is 46.8 Å². The zero-order valence-electron chi connectivity index (χ0n) is 36.7. The molecule has 4 N–H and O–H groups in total. The van der Waals surface area contributed by atoms with Crippen LogP contribution < -0.4 is 25.6 Å². The Balaban J connectivity index is 0.885. The van der Waals surface area contributed by atoms with Crippen molar-refractivity contribution in [2.24, 2.45) is 5.92 Å². The molecule has 4 aliphatic heterocycles. The number of ether oxygens (including phenoxy) is 1. The van der Waals surface area contributed by atoms with E-state index in [-0.39, 0.29) is 56.2 Å². The monoisotopic (exact) mass is 902 g/mol. The SMILES string of the molecule is CN(C)c1ccc2c(c1)OC1=CC(N(C)C)C=CC1=C2c1ccc(C(=O)NCCNC(=O)c2cccc3c2CN(C(=O)C[C@@H]2C[C@@H](C(=O)N4CC(F)(F)CC4C#N)NC2=O)C3)cc1C(=O)O. The predicted octanol–water partition coefficient (Wildman–Crippen LogP) is 3.69. The smallest absolute Gasteiger partial charge is 0.336 e. The number of allylic oxidation sites excluding steroid dienone is 1. The van der Waals surface area contributed by atoms with Crippen molar-refractivity contribution in [2.45, 2.75) is 56.4 Å². The molecule has 0 saturated carbocycles. The van der Waals surface area contributed by atoms with Gasteiger partial charge in [0.05, 0.1) is 18.2 Å². The minimum atomic E-state index is -3.21. The van der Waals surface area contributed by atoms with Crippen molar-refractivity contribution in [1.82, 2.24) is 30.7 Å². The molecular weight excluding hydrogens is 855 g/mol. The lowest BCUT2D eigenvalue weighted by atomic mass is 9.84. The van der Waals surface area contributed by atoms with E-state index in [0.29, 0.717) is 44.9 Å². The third-order valence-electron chi connectivity index (χ3n) is 12.6. The largest absolute Gasteiger partial charge is 0.478 e. The Morgan fingerprint density at radius 3 is 2.42 bits per heavy atom. The van der Waals surface area contributed by atoms with E-state index < -0.39 is 72.4 Å². The predicted molar refractivity (Wildman–Crippen MR) is 236 cm³/mol. The van der Waals surface area contributed by atoms with Crippen molar-refractivity contribution in [1.29, 1.82) is 5.26 Å². The van der Waals surface area contributed by atoms with E-state index in [0.717, 1.165) is 16.2 Å². The Labute approximate surface area is 379 Å². The van der Waals surface area contributed by atoms with Gasteiger partial charge in [-0.1, -0.05) is 30.4 Å². The average molecular weight is 903 g/mol. The number of rotatable bonds is 12. The molecule has 0 radical (unpaired) electrons. The lowest BCUT2D eigenvalue weighted by molar-refractivity contribution is -0.135. The van der Waals surface area contributed by atoms with Crippen LogP contribution >= 0.6 is 0 Å². The number of aromatic carboxylic acids is 1. The van der Waals surface area contributed by atoms with Crippen LogP contribution in [0.5, 0.6) is 5.75 Å². The van der Waals surface area contributed by atoms with E-state index in [1.807, 2.05) is 74.4 Å². The molecule has 0 bridgehead atoms. The first-order valence-electron chi connectivity index (χ1n) is 21.4. The van der Waals surface area contributed by atoms with Crippen LogP contribution in [0.25, 0.3) is 5.57 Å². The number of hydrogen-bond acceptors (Lipinski definition) is 10. The second-order valence-electron chi connectivity index (χ2n) is 17.4. The number of carbonyl (C=O) groups is 6. The summed E-state index contributed by atoms with van der Waals surface area (Å²) in [5.41, 5.74) is 5.07.